The number of rotatable bonds is 6. The van der Waals surface area contributed by atoms with Crippen LogP contribution in [0.3, 0.4) is 0 Å². The molecule has 0 unspecified atom stereocenters. The first-order chi connectivity index (χ1) is 9.61. The molecule has 1 aromatic rings. The summed E-state index contributed by atoms with van der Waals surface area (Å²) in [5.74, 6) is -0.841. The molecule has 0 aromatic carbocycles. The van der Waals surface area contributed by atoms with Gasteiger partial charge in [-0.05, 0) is 26.3 Å². The van der Waals surface area contributed by atoms with E-state index in [1.54, 1.807) is 0 Å². The van der Waals surface area contributed by atoms with Gasteiger partial charge in [0.15, 0.2) is 0 Å². The number of hydrogen-bond acceptors (Lipinski definition) is 4. The summed E-state index contributed by atoms with van der Waals surface area (Å²) in [5, 5.41) is 10.1. The van der Waals surface area contributed by atoms with Crippen molar-refractivity contribution in [3.8, 4) is 0 Å². The molecule has 0 bridgehead atoms. The van der Waals surface area contributed by atoms with Crippen molar-refractivity contribution in [1.82, 2.24) is 9.88 Å². The van der Waals surface area contributed by atoms with Gasteiger partial charge in [0.05, 0.1) is 10.7 Å². The molecule has 1 aliphatic carbocycles. The SMILES string of the molecule is CCc1nc(CCN(C)C2CCCCC2)sc1C(=O)O. The Morgan fingerprint density at radius 2 is 2.10 bits per heavy atom. The average molecular weight is 296 g/mol. The summed E-state index contributed by atoms with van der Waals surface area (Å²) in [5.41, 5.74) is 0.734. The Kier molecular flexibility index (Phi) is 5.54. The van der Waals surface area contributed by atoms with Crippen LogP contribution in [0.15, 0.2) is 0 Å². The molecule has 1 saturated carbocycles. The van der Waals surface area contributed by atoms with Gasteiger partial charge in [-0.2, -0.15) is 0 Å². The van der Waals surface area contributed by atoms with Gasteiger partial charge in [0.2, 0.25) is 0 Å². The van der Waals surface area contributed by atoms with Crippen LogP contribution in [0.5, 0.6) is 0 Å². The molecule has 1 aliphatic rings. The molecule has 112 valence electrons. The van der Waals surface area contributed by atoms with Crippen molar-refractivity contribution in [2.75, 3.05) is 13.6 Å². The van der Waals surface area contributed by atoms with Gasteiger partial charge in [0.25, 0.3) is 0 Å². The van der Waals surface area contributed by atoms with Gasteiger partial charge in [-0.25, -0.2) is 9.78 Å². The first-order valence-corrected chi connectivity index (χ1v) is 8.35. The summed E-state index contributed by atoms with van der Waals surface area (Å²) in [4.78, 5) is 18.5. The summed E-state index contributed by atoms with van der Waals surface area (Å²) >= 11 is 1.34. The molecule has 0 saturated heterocycles. The summed E-state index contributed by atoms with van der Waals surface area (Å²) < 4.78 is 0. The number of hydrogen-bond donors (Lipinski definition) is 1. The molecule has 2 rings (SSSR count). The molecule has 0 aliphatic heterocycles. The monoisotopic (exact) mass is 296 g/mol. The predicted octanol–water partition coefficient (Wildman–Crippen LogP) is 3.21. The topological polar surface area (TPSA) is 53.4 Å². The van der Waals surface area contributed by atoms with Gasteiger partial charge in [-0.1, -0.05) is 26.2 Å². The molecule has 1 heterocycles. The molecule has 1 fully saturated rings. The lowest BCUT2D eigenvalue weighted by Gasteiger charge is -2.30. The van der Waals surface area contributed by atoms with Crippen molar-refractivity contribution in [3.63, 3.8) is 0 Å². The summed E-state index contributed by atoms with van der Waals surface area (Å²) in [6, 6.07) is 0.702. The van der Waals surface area contributed by atoms with Crippen molar-refractivity contribution >= 4 is 17.3 Å². The Hall–Kier alpha value is -0.940. The number of carboxylic acids is 1. The second kappa shape index (κ2) is 7.18. The van der Waals surface area contributed by atoms with Crippen LogP contribution in [0.4, 0.5) is 0 Å². The van der Waals surface area contributed by atoms with Gasteiger partial charge in [-0.3, -0.25) is 0 Å². The molecule has 4 nitrogen and oxygen atoms in total. The van der Waals surface area contributed by atoms with Crippen molar-refractivity contribution in [3.05, 3.63) is 15.6 Å². The average Bonchev–Trinajstić information content (AvgIpc) is 2.89. The van der Waals surface area contributed by atoms with Gasteiger partial charge in [-0.15, -0.1) is 11.3 Å². The standard InChI is InChI=1S/C15H24N2O2S/c1-3-12-14(15(18)19)20-13(16-12)9-10-17(2)11-7-5-4-6-8-11/h11H,3-10H2,1-2H3,(H,18,19). The molecule has 0 spiro atoms. The van der Waals surface area contributed by atoms with Crippen LogP contribution >= 0.6 is 11.3 Å². The minimum Gasteiger partial charge on any atom is -0.477 e. The maximum atomic E-state index is 11.1. The van der Waals surface area contributed by atoms with Crippen LogP contribution in [0.25, 0.3) is 0 Å². The number of thiazole rings is 1. The molecule has 5 heteroatoms. The highest BCUT2D eigenvalue weighted by Gasteiger charge is 2.19. The Balaban J connectivity index is 1.91. The molecule has 20 heavy (non-hydrogen) atoms. The first kappa shape index (κ1) is 15.4. The zero-order chi connectivity index (χ0) is 14.5. The molecule has 0 radical (unpaired) electrons. The smallest absolute Gasteiger partial charge is 0.347 e. The number of aromatic nitrogens is 1. The third kappa shape index (κ3) is 3.79. The number of carboxylic acid groups (broad SMARTS) is 1. The molecule has 0 atom stereocenters. The van der Waals surface area contributed by atoms with Crippen molar-refractivity contribution in [2.45, 2.75) is 57.9 Å². The fourth-order valence-corrected chi connectivity index (χ4v) is 3.87. The van der Waals surface area contributed by atoms with E-state index in [4.69, 9.17) is 5.11 Å². The molecule has 1 N–H and O–H groups in total. The molecule has 1 aromatic heterocycles. The molecule has 0 amide bonds. The fourth-order valence-electron chi connectivity index (χ4n) is 2.89. The lowest BCUT2D eigenvalue weighted by atomic mass is 9.94. The Morgan fingerprint density at radius 1 is 1.40 bits per heavy atom. The van der Waals surface area contributed by atoms with E-state index in [0.29, 0.717) is 17.3 Å². The Morgan fingerprint density at radius 3 is 2.65 bits per heavy atom. The Labute approximate surface area is 124 Å². The second-order valence-electron chi connectivity index (χ2n) is 5.56. The van der Waals surface area contributed by atoms with E-state index in [0.717, 1.165) is 23.7 Å². The molecular formula is C15H24N2O2S. The van der Waals surface area contributed by atoms with Gasteiger partial charge >= 0.3 is 5.97 Å². The van der Waals surface area contributed by atoms with E-state index in [-0.39, 0.29) is 0 Å². The highest BCUT2D eigenvalue weighted by Crippen LogP contribution is 2.23. The third-order valence-electron chi connectivity index (χ3n) is 4.15. The van der Waals surface area contributed by atoms with Crippen molar-refractivity contribution in [1.29, 1.82) is 0 Å². The Bertz CT molecular complexity index is 453. The maximum Gasteiger partial charge on any atom is 0.347 e. The minimum absolute atomic E-state index is 0.419. The second-order valence-corrected chi connectivity index (χ2v) is 6.65. The minimum atomic E-state index is -0.841. The summed E-state index contributed by atoms with van der Waals surface area (Å²) in [6.45, 7) is 2.93. The van der Waals surface area contributed by atoms with E-state index < -0.39 is 5.97 Å². The number of aromatic carboxylic acids is 1. The number of nitrogens with zero attached hydrogens (tertiary/aromatic N) is 2. The number of likely N-dealkylation sites (N-methyl/N-ethyl adjacent to an activating group) is 1. The quantitative estimate of drug-likeness (QED) is 0.876. The van der Waals surface area contributed by atoms with Crippen LogP contribution < -0.4 is 0 Å². The van der Waals surface area contributed by atoms with Crippen LogP contribution in [0, 0.1) is 0 Å². The van der Waals surface area contributed by atoms with Crippen molar-refractivity contribution < 1.29 is 9.90 Å². The number of carbonyl (C=O) groups is 1. The summed E-state index contributed by atoms with van der Waals surface area (Å²) in [6.07, 6.45) is 8.21. The van der Waals surface area contributed by atoms with E-state index in [1.807, 2.05) is 6.92 Å². The third-order valence-corrected chi connectivity index (χ3v) is 5.29. The van der Waals surface area contributed by atoms with E-state index in [1.165, 1.54) is 43.4 Å². The maximum absolute atomic E-state index is 11.1. The zero-order valence-electron chi connectivity index (χ0n) is 12.4. The first-order valence-electron chi connectivity index (χ1n) is 7.54. The van der Waals surface area contributed by atoms with Crippen LogP contribution in [-0.4, -0.2) is 40.6 Å². The van der Waals surface area contributed by atoms with Crippen LogP contribution in [0.1, 0.15) is 59.4 Å². The van der Waals surface area contributed by atoms with Gasteiger partial charge in [0.1, 0.15) is 4.88 Å². The lowest BCUT2D eigenvalue weighted by Crippen LogP contribution is -2.34. The largest absolute Gasteiger partial charge is 0.477 e. The van der Waals surface area contributed by atoms with E-state index in [2.05, 4.69) is 16.9 Å². The zero-order valence-corrected chi connectivity index (χ0v) is 13.2. The highest BCUT2D eigenvalue weighted by molar-refractivity contribution is 7.13. The fraction of sp³-hybridized carbons (Fsp3) is 0.733. The predicted molar refractivity (Wildman–Crippen MR) is 81.7 cm³/mol. The van der Waals surface area contributed by atoms with Crippen molar-refractivity contribution in [2.24, 2.45) is 0 Å². The van der Waals surface area contributed by atoms with Crippen LogP contribution in [0.2, 0.25) is 0 Å². The van der Waals surface area contributed by atoms with E-state index >= 15 is 0 Å². The summed E-state index contributed by atoms with van der Waals surface area (Å²) in [7, 11) is 2.18. The van der Waals surface area contributed by atoms with Gasteiger partial charge < -0.3 is 10.0 Å². The normalized spacial score (nSPS) is 16.8. The van der Waals surface area contributed by atoms with Crippen LogP contribution in [-0.2, 0) is 12.8 Å². The highest BCUT2D eigenvalue weighted by atomic mass is 32.1. The van der Waals surface area contributed by atoms with Gasteiger partial charge in [0, 0.05) is 19.0 Å². The number of aryl methyl sites for hydroxylation is 1. The molecular weight excluding hydrogens is 272 g/mol. The lowest BCUT2D eigenvalue weighted by molar-refractivity contribution is 0.0701. The van der Waals surface area contributed by atoms with E-state index in [9.17, 15) is 4.79 Å².